The topological polar surface area (TPSA) is 81.1 Å². The lowest BCUT2D eigenvalue weighted by atomic mass is 10.2. The molecule has 1 amide bonds. The van der Waals surface area contributed by atoms with Crippen molar-refractivity contribution in [1.82, 2.24) is 9.78 Å². The molecule has 1 atom stereocenters. The smallest absolute Gasteiger partial charge is 0.251 e. The standard InChI is InChI=1S/C12H13N3O2/c13-12(17)11(16)10-6-14-15(8-10)7-9-4-2-1-3-5-9/h1-6,8,11,16H,7H2,(H2,13,17). The van der Waals surface area contributed by atoms with Crippen LogP contribution < -0.4 is 5.73 Å². The maximum Gasteiger partial charge on any atom is 0.251 e. The summed E-state index contributed by atoms with van der Waals surface area (Å²) in [6.45, 7) is 0.590. The van der Waals surface area contributed by atoms with Gasteiger partial charge in [0.1, 0.15) is 0 Å². The summed E-state index contributed by atoms with van der Waals surface area (Å²) in [5.41, 5.74) is 6.51. The zero-order valence-electron chi connectivity index (χ0n) is 9.15. The molecule has 0 saturated heterocycles. The Balaban J connectivity index is 2.11. The number of nitrogens with zero attached hydrogens (tertiary/aromatic N) is 2. The second-order valence-electron chi connectivity index (χ2n) is 3.76. The third-order valence-electron chi connectivity index (χ3n) is 2.43. The van der Waals surface area contributed by atoms with E-state index >= 15 is 0 Å². The van der Waals surface area contributed by atoms with Crippen molar-refractivity contribution in [2.75, 3.05) is 0 Å². The molecule has 0 saturated carbocycles. The molecule has 0 aliphatic heterocycles. The highest BCUT2D eigenvalue weighted by atomic mass is 16.3. The van der Waals surface area contributed by atoms with Crippen molar-refractivity contribution in [3.8, 4) is 0 Å². The lowest BCUT2D eigenvalue weighted by Gasteiger charge is -2.02. The average molecular weight is 231 g/mol. The first kappa shape index (κ1) is 11.3. The normalized spacial score (nSPS) is 12.3. The van der Waals surface area contributed by atoms with Crippen LogP contribution in [0.15, 0.2) is 42.7 Å². The molecular weight excluding hydrogens is 218 g/mol. The average Bonchev–Trinajstić information content (AvgIpc) is 2.77. The van der Waals surface area contributed by atoms with Crippen LogP contribution in [0.3, 0.4) is 0 Å². The molecule has 5 nitrogen and oxygen atoms in total. The van der Waals surface area contributed by atoms with Crippen molar-refractivity contribution in [3.63, 3.8) is 0 Å². The van der Waals surface area contributed by atoms with Gasteiger partial charge in [0.2, 0.25) is 0 Å². The van der Waals surface area contributed by atoms with Crippen molar-refractivity contribution in [2.24, 2.45) is 5.73 Å². The lowest BCUT2D eigenvalue weighted by molar-refractivity contribution is -0.126. The number of hydrogen-bond acceptors (Lipinski definition) is 3. The molecule has 0 bridgehead atoms. The quantitative estimate of drug-likeness (QED) is 0.801. The third-order valence-corrected chi connectivity index (χ3v) is 2.43. The van der Waals surface area contributed by atoms with Crippen LogP contribution in [0, 0.1) is 0 Å². The second-order valence-corrected chi connectivity index (χ2v) is 3.76. The predicted octanol–water partition coefficient (Wildman–Crippen LogP) is 0.450. The van der Waals surface area contributed by atoms with Crippen molar-refractivity contribution < 1.29 is 9.90 Å². The second kappa shape index (κ2) is 4.80. The Morgan fingerprint density at radius 1 is 1.41 bits per heavy atom. The van der Waals surface area contributed by atoms with E-state index < -0.39 is 12.0 Å². The van der Waals surface area contributed by atoms with Crippen LogP contribution in [0.1, 0.15) is 17.2 Å². The van der Waals surface area contributed by atoms with E-state index in [2.05, 4.69) is 5.10 Å². The summed E-state index contributed by atoms with van der Waals surface area (Å²) in [6, 6.07) is 9.78. The number of carbonyl (C=O) groups excluding carboxylic acids is 1. The Hall–Kier alpha value is -2.14. The number of aliphatic hydroxyl groups excluding tert-OH is 1. The van der Waals surface area contributed by atoms with E-state index in [0.29, 0.717) is 12.1 Å². The Bertz CT molecular complexity index is 507. The van der Waals surface area contributed by atoms with Crippen LogP contribution in [0.2, 0.25) is 0 Å². The van der Waals surface area contributed by atoms with E-state index in [9.17, 15) is 9.90 Å². The zero-order chi connectivity index (χ0) is 12.3. The highest BCUT2D eigenvalue weighted by molar-refractivity contribution is 5.79. The van der Waals surface area contributed by atoms with Gasteiger partial charge in [-0.3, -0.25) is 9.48 Å². The van der Waals surface area contributed by atoms with Crippen molar-refractivity contribution in [1.29, 1.82) is 0 Å². The van der Waals surface area contributed by atoms with Crippen molar-refractivity contribution >= 4 is 5.91 Å². The molecule has 0 aliphatic rings. The molecule has 1 heterocycles. The molecule has 1 aromatic carbocycles. The molecule has 0 spiro atoms. The van der Waals surface area contributed by atoms with E-state index in [-0.39, 0.29) is 0 Å². The van der Waals surface area contributed by atoms with Gasteiger partial charge in [-0.1, -0.05) is 30.3 Å². The molecular formula is C12H13N3O2. The van der Waals surface area contributed by atoms with E-state index in [4.69, 9.17) is 5.73 Å². The lowest BCUT2D eigenvalue weighted by Crippen LogP contribution is -2.20. The fourth-order valence-corrected chi connectivity index (χ4v) is 1.54. The summed E-state index contributed by atoms with van der Waals surface area (Å²) in [7, 11) is 0. The van der Waals surface area contributed by atoms with E-state index in [1.807, 2.05) is 30.3 Å². The molecule has 88 valence electrons. The summed E-state index contributed by atoms with van der Waals surface area (Å²) in [4.78, 5) is 10.8. The Labute approximate surface area is 98.5 Å². The van der Waals surface area contributed by atoms with Crippen LogP contribution in [0.5, 0.6) is 0 Å². The van der Waals surface area contributed by atoms with Crippen LogP contribution in [-0.2, 0) is 11.3 Å². The van der Waals surface area contributed by atoms with Gasteiger partial charge in [-0.2, -0.15) is 5.10 Å². The summed E-state index contributed by atoms with van der Waals surface area (Å²) in [6.07, 6.45) is 1.76. The maximum atomic E-state index is 10.8. The summed E-state index contributed by atoms with van der Waals surface area (Å²) in [5, 5.41) is 13.5. The van der Waals surface area contributed by atoms with Crippen molar-refractivity contribution in [3.05, 3.63) is 53.9 Å². The fraction of sp³-hybridized carbons (Fsp3) is 0.167. The number of carbonyl (C=O) groups is 1. The van der Waals surface area contributed by atoms with Gasteiger partial charge in [0.05, 0.1) is 12.7 Å². The number of aliphatic hydroxyl groups is 1. The molecule has 2 rings (SSSR count). The molecule has 0 radical (unpaired) electrons. The van der Waals surface area contributed by atoms with Gasteiger partial charge in [0, 0.05) is 11.8 Å². The fourth-order valence-electron chi connectivity index (χ4n) is 1.54. The van der Waals surface area contributed by atoms with Gasteiger partial charge >= 0.3 is 0 Å². The predicted molar refractivity (Wildman–Crippen MR) is 61.9 cm³/mol. The highest BCUT2D eigenvalue weighted by Gasteiger charge is 2.15. The van der Waals surface area contributed by atoms with E-state index in [0.717, 1.165) is 5.56 Å². The highest BCUT2D eigenvalue weighted by Crippen LogP contribution is 2.11. The molecule has 17 heavy (non-hydrogen) atoms. The van der Waals surface area contributed by atoms with E-state index in [1.54, 1.807) is 10.9 Å². The number of aromatic nitrogens is 2. The number of amides is 1. The molecule has 0 fully saturated rings. The Morgan fingerprint density at radius 2 is 2.12 bits per heavy atom. The van der Waals surface area contributed by atoms with Crippen molar-refractivity contribution in [2.45, 2.75) is 12.6 Å². The van der Waals surface area contributed by atoms with Crippen LogP contribution in [-0.4, -0.2) is 20.8 Å². The van der Waals surface area contributed by atoms with Gasteiger partial charge in [0.25, 0.3) is 5.91 Å². The molecule has 1 unspecified atom stereocenters. The molecule has 3 N–H and O–H groups in total. The van der Waals surface area contributed by atoms with Gasteiger partial charge in [0.15, 0.2) is 6.10 Å². The first-order valence-electron chi connectivity index (χ1n) is 5.20. The number of nitrogens with two attached hydrogens (primary N) is 1. The number of hydrogen-bond donors (Lipinski definition) is 2. The van der Waals surface area contributed by atoms with Crippen LogP contribution in [0.4, 0.5) is 0 Å². The SMILES string of the molecule is NC(=O)C(O)c1cnn(Cc2ccccc2)c1. The minimum atomic E-state index is -1.29. The monoisotopic (exact) mass is 231 g/mol. The molecule has 1 aromatic heterocycles. The van der Waals surface area contributed by atoms with Gasteiger partial charge in [-0.15, -0.1) is 0 Å². The number of benzene rings is 1. The molecule has 5 heteroatoms. The zero-order valence-corrected chi connectivity index (χ0v) is 9.15. The minimum Gasteiger partial charge on any atom is -0.378 e. The first-order chi connectivity index (χ1) is 8.16. The summed E-state index contributed by atoms with van der Waals surface area (Å²) < 4.78 is 1.65. The van der Waals surface area contributed by atoms with Gasteiger partial charge < -0.3 is 10.8 Å². The van der Waals surface area contributed by atoms with Crippen LogP contribution in [0.25, 0.3) is 0 Å². The van der Waals surface area contributed by atoms with Crippen LogP contribution >= 0.6 is 0 Å². The summed E-state index contributed by atoms with van der Waals surface area (Å²) in [5.74, 6) is -0.774. The summed E-state index contributed by atoms with van der Waals surface area (Å²) >= 11 is 0. The molecule has 2 aromatic rings. The maximum absolute atomic E-state index is 10.8. The third kappa shape index (κ3) is 2.70. The Kier molecular flexibility index (Phi) is 3.20. The minimum absolute atomic E-state index is 0.411. The van der Waals surface area contributed by atoms with Gasteiger partial charge in [-0.05, 0) is 5.56 Å². The molecule has 0 aliphatic carbocycles. The van der Waals surface area contributed by atoms with Gasteiger partial charge in [-0.25, -0.2) is 0 Å². The number of primary amides is 1. The Morgan fingerprint density at radius 3 is 2.76 bits per heavy atom. The van der Waals surface area contributed by atoms with E-state index in [1.165, 1.54) is 6.20 Å². The largest absolute Gasteiger partial charge is 0.378 e. The first-order valence-corrected chi connectivity index (χ1v) is 5.20. The number of rotatable bonds is 4.